The molecule has 4 nitrogen and oxygen atoms in total. The molecule has 0 spiro atoms. The van der Waals surface area contributed by atoms with Gasteiger partial charge in [-0.2, -0.15) is 0 Å². The summed E-state index contributed by atoms with van der Waals surface area (Å²) in [5.41, 5.74) is 1.13. The van der Waals surface area contributed by atoms with Gasteiger partial charge in [0.05, 0.1) is 13.0 Å². The zero-order chi connectivity index (χ0) is 14.4. The fourth-order valence-corrected chi connectivity index (χ4v) is 1.95. The zero-order valence-electron chi connectivity index (χ0n) is 10.9. The van der Waals surface area contributed by atoms with Gasteiger partial charge in [0.25, 0.3) is 0 Å². The van der Waals surface area contributed by atoms with Crippen LogP contribution in [0.2, 0.25) is 0 Å². The number of hydrogen-bond donors (Lipinski definition) is 2. The van der Waals surface area contributed by atoms with Crippen molar-refractivity contribution in [1.82, 2.24) is 0 Å². The Bertz CT molecular complexity index is 512. The van der Waals surface area contributed by atoms with Crippen LogP contribution in [0.5, 0.6) is 0 Å². The van der Waals surface area contributed by atoms with Gasteiger partial charge in [-0.25, -0.2) is 0 Å². The van der Waals surface area contributed by atoms with Crippen LogP contribution in [0.15, 0.2) is 60.7 Å². The molecule has 0 fully saturated rings. The maximum atomic E-state index is 10.9. The molecule has 0 aliphatic carbocycles. The van der Waals surface area contributed by atoms with E-state index in [1.165, 1.54) is 0 Å². The summed E-state index contributed by atoms with van der Waals surface area (Å²) in [5, 5.41) is 19.5. The number of benzene rings is 2. The van der Waals surface area contributed by atoms with E-state index in [1.54, 1.807) is 48.5 Å². The Hall–Kier alpha value is -2.17. The zero-order valence-corrected chi connectivity index (χ0v) is 10.9. The molecule has 2 aromatic carbocycles. The average Bonchev–Trinajstić information content (AvgIpc) is 2.48. The summed E-state index contributed by atoms with van der Waals surface area (Å²) in [5.74, 6) is -2.61. The quantitative estimate of drug-likeness (QED) is 0.792. The number of ether oxygens (including phenoxy) is 1. The summed E-state index contributed by atoms with van der Waals surface area (Å²) in [6, 6.07) is 17.8. The van der Waals surface area contributed by atoms with Gasteiger partial charge in [-0.05, 0) is 0 Å². The third-order valence-corrected chi connectivity index (χ3v) is 2.96. The van der Waals surface area contributed by atoms with Crippen molar-refractivity contribution in [2.24, 2.45) is 0 Å². The van der Waals surface area contributed by atoms with E-state index in [2.05, 4.69) is 0 Å². The lowest BCUT2D eigenvalue weighted by atomic mass is 9.97. The van der Waals surface area contributed by atoms with Gasteiger partial charge in [-0.3, -0.25) is 4.79 Å². The predicted octanol–water partition coefficient (Wildman–Crippen LogP) is 2.37. The van der Waals surface area contributed by atoms with Gasteiger partial charge < -0.3 is 14.9 Å². The largest absolute Gasteiger partial charge is 0.481 e. The molecular weight excluding hydrogens is 256 g/mol. The SMILES string of the molecule is O=C(O)CCOC(O)(c1ccccc1)c1ccccc1. The lowest BCUT2D eigenvalue weighted by Gasteiger charge is -2.29. The van der Waals surface area contributed by atoms with Crippen molar-refractivity contribution in [1.29, 1.82) is 0 Å². The molecule has 0 aliphatic heterocycles. The smallest absolute Gasteiger partial charge is 0.305 e. The molecular formula is C16H16O4. The van der Waals surface area contributed by atoms with E-state index in [0.29, 0.717) is 11.1 Å². The van der Waals surface area contributed by atoms with E-state index in [0.717, 1.165) is 0 Å². The molecule has 0 aromatic heterocycles. The molecule has 2 aromatic rings. The predicted molar refractivity (Wildman–Crippen MR) is 74.1 cm³/mol. The summed E-state index contributed by atoms with van der Waals surface area (Å²) < 4.78 is 5.49. The Morgan fingerprint density at radius 3 is 1.80 bits per heavy atom. The maximum Gasteiger partial charge on any atom is 0.305 e. The molecule has 2 rings (SSSR count). The standard InChI is InChI=1S/C16H16O4/c17-15(18)11-12-20-16(19,13-7-3-1-4-8-13)14-9-5-2-6-10-14/h1-10,19H,11-12H2,(H,17,18). The first-order chi connectivity index (χ1) is 9.63. The van der Waals surface area contributed by atoms with E-state index in [-0.39, 0.29) is 13.0 Å². The second-order valence-electron chi connectivity index (χ2n) is 4.37. The Labute approximate surface area is 117 Å². The summed E-state index contributed by atoms with van der Waals surface area (Å²) in [6.07, 6.45) is -0.165. The second kappa shape index (κ2) is 6.32. The number of hydrogen-bond acceptors (Lipinski definition) is 3. The monoisotopic (exact) mass is 272 g/mol. The number of carboxylic acid groups (broad SMARTS) is 1. The molecule has 0 aliphatic rings. The van der Waals surface area contributed by atoms with Crippen LogP contribution in [-0.2, 0) is 15.3 Å². The van der Waals surface area contributed by atoms with Crippen molar-refractivity contribution < 1.29 is 19.7 Å². The van der Waals surface area contributed by atoms with Crippen LogP contribution in [0.3, 0.4) is 0 Å². The average molecular weight is 272 g/mol. The van der Waals surface area contributed by atoms with Gasteiger partial charge in [0.15, 0.2) is 0 Å². The van der Waals surface area contributed by atoms with E-state index < -0.39 is 11.8 Å². The van der Waals surface area contributed by atoms with Crippen molar-refractivity contribution in [3.05, 3.63) is 71.8 Å². The first kappa shape index (κ1) is 14.2. The Kier molecular flexibility index (Phi) is 4.50. The second-order valence-corrected chi connectivity index (χ2v) is 4.37. The molecule has 4 heteroatoms. The highest BCUT2D eigenvalue weighted by Crippen LogP contribution is 2.30. The lowest BCUT2D eigenvalue weighted by molar-refractivity contribution is -0.183. The fourth-order valence-electron chi connectivity index (χ4n) is 1.95. The fraction of sp³-hybridized carbons (Fsp3) is 0.188. The van der Waals surface area contributed by atoms with Gasteiger partial charge in [0.2, 0.25) is 5.79 Å². The van der Waals surface area contributed by atoms with Crippen molar-refractivity contribution in [2.75, 3.05) is 6.61 Å². The summed E-state index contributed by atoms with van der Waals surface area (Å²) in [7, 11) is 0. The van der Waals surface area contributed by atoms with Crippen LogP contribution in [0.4, 0.5) is 0 Å². The highest BCUT2D eigenvalue weighted by atomic mass is 16.6. The lowest BCUT2D eigenvalue weighted by Crippen LogP contribution is -2.31. The van der Waals surface area contributed by atoms with Crippen LogP contribution in [0.25, 0.3) is 0 Å². The summed E-state index contributed by atoms with van der Waals surface area (Å²) in [4.78, 5) is 10.6. The third-order valence-electron chi connectivity index (χ3n) is 2.96. The minimum absolute atomic E-state index is 0.0738. The van der Waals surface area contributed by atoms with Crippen LogP contribution >= 0.6 is 0 Å². The number of aliphatic carboxylic acids is 1. The number of aliphatic hydroxyl groups is 1. The summed E-state index contributed by atoms with van der Waals surface area (Å²) in [6.45, 7) is -0.0738. The Morgan fingerprint density at radius 2 is 1.40 bits per heavy atom. The van der Waals surface area contributed by atoms with Gasteiger partial charge in [-0.1, -0.05) is 60.7 Å². The number of carboxylic acids is 1. The molecule has 0 saturated heterocycles. The van der Waals surface area contributed by atoms with E-state index in [9.17, 15) is 9.90 Å². The van der Waals surface area contributed by atoms with Crippen LogP contribution in [0.1, 0.15) is 17.5 Å². The first-order valence-corrected chi connectivity index (χ1v) is 6.32. The maximum absolute atomic E-state index is 10.9. The molecule has 0 saturated carbocycles. The molecule has 0 atom stereocenters. The first-order valence-electron chi connectivity index (χ1n) is 6.32. The van der Waals surface area contributed by atoms with Gasteiger partial charge in [-0.15, -0.1) is 0 Å². The Morgan fingerprint density at radius 1 is 0.950 bits per heavy atom. The molecule has 0 unspecified atom stereocenters. The van der Waals surface area contributed by atoms with Crippen LogP contribution in [0, 0.1) is 0 Å². The molecule has 2 N–H and O–H groups in total. The minimum atomic E-state index is -1.64. The molecule has 0 bridgehead atoms. The van der Waals surface area contributed by atoms with Crippen molar-refractivity contribution in [3.63, 3.8) is 0 Å². The van der Waals surface area contributed by atoms with Gasteiger partial charge in [0, 0.05) is 11.1 Å². The highest BCUT2D eigenvalue weighted by Gasteiger charge is 2.32. The molecule has 0 radical (unpaired) electrons. The van der Waals surface area contributed by atoms with Crippen molar-refractivity contribution in [2.45, 2.75) is 12.2 Å². The molecule has 20 heavy (non-hydrogen) atoms. The number of carbonyl (C=O) groups is 1. The normalized spacial score (nSPS) is 11.2. The topological polar surface area (TPSA) is 66.8 Å². The molecule has 0 amide bonds. The van der Waals surface area contributed by atoms with Crippen molar-refractivity contribution >= 4 is 5.97 Å². The third kappa shape index (κ3) is 3.23. The van der Waals surface area contributed by atoms with Crippen molar-refractivity contribution in [3.8, 4) is 0 Å². The minimum Gasteiger partial charge on any atom is -0.481 e. The molecule has 0 heterocycles. The van der Waals surface area contributed by atoms with Gasteiger partial charge >= 0.3 is 5.97 Å². The van der Waals surface area contributed by atoms with E-state index in [1.807, 2.05) is 12.1 Å². The summed E-state index contributed by atoms with van der Waals surface area (Å²) >= 11 is 0. The highest BCUT2D eigenvalue weighted by molar-refractivity contribution is 5.66. The van der Waals surface area contributed by atoms with Gasteiger partial charge in [0.1, 0.15) is 0 Å². The molecule has 104 valence electrons. The van der Waals surface area contributed by atoms with E-state index >= 15 is 0 Å². The number of rotatable bonds is 6. The Balaban J connectivity index is 2.31. The van der Waals surface area contributed by atoms with E-state index in [4.69, 9.17) is 9.84 Å². The van der Waals surface area contributed by atoms with Crippen LogP contribution in [-0.4, -0.2) is 22.8 Å². The van der Waals surface area contributed by atoms with Crippen LogP contribution < -0.4 is 0 Å².